The molecule has 1 aromatic heterocycles. The van der Waals surface area contributed by atoms with Crippen molar-refractivity contribution in [3.63, 3.8) is 0 Å². The number of halogens is 2. The summed E-state index contributed by atoms with van der Waals surface area (Å²) < 4.78 is 25.9. The van der Waals surface area contributed by atoms with Gasteiger partial charge in [0.1, 0.15) is 0 Å². The van der Waals surface area contributed by atoms with Gasteiger partial charge in [-0.2, -0.15) is 0 Å². The topological polar surface area (TPSA) is 45.2 Å². The van der Waals surface area contributed by atoms with Crippen LogP contribution < -0.4 is 5.32 Å². The SMILES string of the molecule is Cc1cccnc1CNCC(O)c1ccc(F)c(F)c1. The van der Waals surface area contributed by atoms with E-state index in [1.54, 1.807) is 6.20 Å². The van der Waals surface area contributed by atoms with E-state index in [4.69, 9.17) is 0 Å². The number of hydrogen-bond donors (Lipinski definition) is 2. The Bertz CT molecular complexity index is 590. The fourth-order valence-electron chi connectivity index (χ4n) is 1.87. The molecule has 0 aliphatic rings. The molecule has 0 radical (unpaired) electrons. The molecule has 1 heterocycles. The van der Waals surface area contributed by atoms with Crippen molar-refractivity contribution < 1.29 is 13.9 Å². The molecule has 0 aliphatic heterocycles. The lowest BCUT2D eigenvalue weighted by atomic mass is 10.1. The smallest absolute Gasteiger partial charge is 0.159 e. The van der Waals surface area contributed by atoms with Crippen LogP contribution in [0.25, 0.3) is 0 Å². The fourth-order valence-corrected chi connectivity index (χ4v) is 1.87. The van der Waals surface area contributed by atoms with E-state index in [1.165, 1.54) is 6.07 Å². The Kier molecular flexibility index (Phi) is 4.76. The third-order valence-corrected chi connectivity index (χ3v) is 3.08. The van der Waals surface area contributed by atoms with Crippen LogP contribution in [0.15, 0.2) is 36.5 Å². The van der Waals surface area contributed by atoms with Crippen LogP contribution in [0, 0.1) is 18.6 Å². The second kappa shape index (κ2) is 6.54. The van der Waals surface area contributed by atoms with E-state index in [9.17, 15) is 13.9 Å². The van der Waals surface area contributed by atoms with Crippen LogP contribution in [0.1, 0.15) is 22.9 Å². The number of benzene rings is 1. The molecular weight excluding hydrogens is 262 g/mol. The average molecular weight is 278 g/mol. The minimum atomic E-state index is -0.956. The number of aliphatic hydroxyl groups excluding tert-OH is 1. The van der Waals surface area contributed by atoms with Gasteiger partial charge in [0, 0.05) is 19.3 Å². The summed E-state index contributed by atoms with van der Waals surface area (Å²) in [5.41, 5.74) is 2.29. The molecule has 0 bridgehead atoms. The predicted octanol–water partition coefficient (Wildman–Crippen LogP) is 2.49. The molecule has 3 nitrogen and oxygen atoms in total. The molecule has 2 aromatic rings. The van der Waals surface area contributed by atoms with Gasteiger partial charge in [0.05, 0.1) is 11.8 Å². The highest BCUT2D eigenvalue weighted by Crippen LogP contribution is 2.15. The predicted molar refractivity (Wildman–Crippen MR) is 72.0 cm³/mol. The van der Waals surface area contributed by atoms with Crippen LogP contribution in [-0.4, -0.2) is 16.6 Å². The molecule has 1 unspecified atom stereocenters. The summed E-state index contributed by atoms with van der Waals surface area (Å²) in [4.78, 5) is 4.22. The van der Waals surface area contributed by atoms with E-state index < -0.39 is 17.7 Å². The van der Waals surface area contributed by atoms with Gasteiger partial charge < -0.3 is 10.4 Å². The molecule has 0 amide bonds. The maximum Gasteiger partial charge on any atom is 0.159 e. The molecule has 5 heteroatoms. The molecule has 0 aliphatic carbocycles. The highest BCUT2D eigenvalue weighted by atomic mass is 19.2. The monoisotopic (exact) mass is 278 g/mol. The normalized spacial score (nSPS) is 12.4. The zero-order valence-corrected chi connectivity index (χ0v) is 11.1. The largest absolute Gasteiger partial charge is 0.387 e. The zero-order valence-electron chi connectivity index (χ0n) is 11.1. The van der Waals surface area contributed by atoms with E-state index in [1.807, 2.05) is 19.1 Å². The van der Waals surface area contributed by atoms with Crippen LogP contribution in [0.2, 0.25) is 0 Å². The van der Waals surface area contributed by atoms with Crippen LogP contribution in [0.3, 0.4) is 0 Å². The first-order valence-electron chi connectivity index (χ1n) is 6.32. The van der Waals surface area contributed by atoms with Crippen LogP contribution in [-0.2, 0) is 6.54 Å². The summed E-state index contributed by atoms with van der Waals surface area (Å²) in [5, 5.41) is 13.0. The highest BCUT2D eigenvalue weighted by molar-refractivity contribution is 5.20. The average Bonchev–Trinajstić information content (AvgIpc) is 2.44. The second-order valence-electron chi connectivity index (χ2n) is 4.59. The van der Waals surface area contributed by atoms with Gasteiger partial charge in [-0.25, -0.2) is 8.78 Å². The number of nitrogens with one attached hydrogen (secondary N) is 1. The number of aromatic nitrogens is 1. The Morgan fingerprint density at radius 3 is 2.75 bits per heavy atom. The molecule has 1 atom stereocenters. The summed E-state index contributed by atoms with van der Waals surface area (Å²) in [6.45, 7) is 2.70. The van der Waals surface area contributed by atoms with E-state index in [2.05, 4.69) is 10.3 Å². The Labute approximate surface area is 116 Å². The van der Waals surface area contributed by atoms with Crippen molar-refractivity contribution in [3.05, 3.63) is 65.0 Å². The van der Waals surface area contributed by atoms with Crippen LogP contribution >= 0.6 is 0 Å². The maximum absolute atomic E-state index is 13.1. The van der Waals surface area contributed by atoms with Gasteiger partial charge in [-0.05, 0) is 36.2 Å². The summed E-state index contributed by atoms with van der Waals surface area (Å²) in [7, 11) is 0. The Morgan fingerprint density at radius 2 is 2.05 bits per heavy atom. The van der Waals surface area contributed by atoms with Crippen molar-refractivity contribution in [2.45, 2.75) is 19.6 Å². The number of nitrogens with zero attached hydrogens (tertiary/aromatic N) is 1. The molecule has 0 spiro atoms. The maximum atomic E-state index is 13.1. The minimum Gasteiger partial charge on any atom is -0.387 e. The Balaban J connectivity index is 1.90. The van der Waals surface area contributed by atoms with Gasteiger partial charge >= 0.3 is 0 Å². The van der Waals surface area contributed by atoms with E-state index in [-0.39, 0.29) is 6.54 Å². The molecule has 0 fully saturated rings. The lowest BCUT2D eigenvalue weighted by Crippen LogP contribution is -2.22. The number of aryl methyl sites for hydroxylation is 1. The van der Waals surface area contributed by atoms with E-state index in [0.717, 1.165) is 23.4 Å². The number of rotatable bonds is 5. The minimum absolute atomic E-state index is 0.237. The number of aliphatic hydroxyl groups is 1. The first-order chi connectivity index (χ1) is 9.58. The first kappa shape index (κ1) is 14.6. The van der Waals surface area contributed by atoms with Gasteiger partial charge in [-0.1, -0.05) is 12.1 Å². The molecule has 0 saturated heterocycles. The molecule has 2 rings (SSSR count). The van der Waals surface area contributed by atoms with Crippen molar-refractivity contribution in [1.82, 2.24) is 10.3 Å². The zero-order chi connectivity index (χ0) is 14.5. The van der Waals surface area contributed by atoms with Gasteiger partial charge in [-0.15, -0.1) is 0 Å². The van der Waals surface area contributed by atoms with Crippen LogP contribution in [0.5, 0.6) is 0 Å². The highest BCUT2D eigenvalue weighted by Gasteiger charge is 2.10. The fraction of sp³-hybridized carbons (Fsp3) is 0.267. The second-order valence-corrected chi connectivity index (χ2v) is 4.59. The summed E-state index contributed by atoms with van der Waals surface area (Å²) in [5.74, 6) is -1.87. The van der Waals surface area contributed by atoms with Gasteiger partial charge in [0.2, 0.25) is 0 Å². The molecule has 106 valence electrons. The molecule has 0 saturated carbocycles. The first-order valence-corrected chi connectivity index (χ1v) is 6.32. The van der Waals surface area contributed by atoms with Crippen molar-refractivity contribution in [2.24, 2.45) is 0 Å². The van der Waals surface area contributed by atoms with Crippen molar-refractivity contribution in [3.8, 4) is 0 Å². The third kappa shape index (κ3) is 3.59. The third-order valence-electron chi connectivity index (χ3n) is 3.08. The van der Waals surface area contributed by atoms with Crippen LogP contribution in [0.4, 0.5) is 8.78 Å². The van der Waals surface area contributed by atoms with Crippen molar-refractivity contribution in [1.29, 1.82) is 0 Å². The molecule has 20 heavy (non-hydrogen) atoms. The van der Waals surface area contributed by atoms with Crippen molar-refractivity contribution >= 4 is 0 Å². The number of hydrogen-bond acceptors (Lipinski definition) is 3. The van der Waals surface area contributed by atoms with E-state index in [0.29, 0.717) is 12.1 Å². The molecule has 2 N–H and O–H groups in total. The molecular formula is C15H16F2N2O. The quantitative estimate of drug-likeness (QED) is 0.883. The van der Waals surface area contributed by atoms with Gasteiger partial charge in [0.15, 0.2) is 11.6 Å². The lowest BCUT2D eigenvalue weighted by Gasteiger charge is -2.13. The Hall–Kier alpha value is -1.85. The van der Waals surface area contributed by atoms with Crippen molar-refractivity contribution in [2.75, 3.05) is 6.54 Å². The van der Waals surface area contributed by atoms with Gasteiger partial charge in [0.25, 0.3) is 0 Å². The molecule has 1 aromatic carbocycles. The lowest BCUT2D eigenvalue weighted by molar-refractivity contribution is 0.173. The summed E-state index contributed by atoms with van der Waals surface area (Å²) in [6, 6.07) is 7.20. The Morgan fingerprint density at radius 1 is 1.25 bits per heavy atom. The number of pyridine rings is 1. The van der Waals surface area contributed by atoms with Gasteiger partial charge in [-0.3, -0.25) is 4.98 Å². The summed E-state index contributed by atoms with van der Waals surface area (Å²) in [6.07, 6.45) is 0.810. The van der Waals surface area contributed by atoms with E-state index >= 15 is 0 Å². The standard InChI is InChI=1S/C15H16F2N2O/c1-10-3-2-6-19-14(10)8-18-9-15(20)11-4-5-12(16)13(17)7-11/h2-7,15,18,20H,8-9H2,1H3. The summed E-state index contributed by atoms with van der Waals surface area (Å²) >= 11 is 0.